The fraction of sp³-hybridized carbons (Fsp3) is 0.600. The first kappa shape index (κ1) is 10.9. The summed E-state index contributed by atoms with van der Waals surface area (Å²) in [5.41, 5.74) is 6.67. The van der Waals surface area contributed by atoms with E-state index in [0.29, 0.717) is 23.0 Å². The van der Waals surface area contributed by atoms with Crippen LogP contribution in [-0.4, -0.2) is 25.5 Å². The highest BCUT2D eigenvalue weighted by molar-refractivity contribution is 7.90. The second kappa shape index (κ2) is 3.17. The molecule has 0 amide bonds. The predicted molar refractivity (Wildman–Crippen MR) is 60.0 cm³/mol. The summed E-state index contributed by atoms with van der Waals surface area (Å²) >= 11 is 0. The minimum Gasteiger partial charge on any atom is -0.481 e. The Bertz CT molecular complexity index is 593. The van der Waals surface area contributed by atoms with Gasteiger partial charge < -0.3 is 10.5 Å². The number of sulfone groups is 1. The first-order chi connectivity index (χ1) is 7.93. The Balaban J connectivity index is 2.15. The molecule has 3 rings (SSSR count). The van der Waals surface area contributed by atoms with Gasteiger partial charge in [-0.15, -0.1) is 0 Å². The number of rotatable bonds is 2. The summed E-state index contributed by atoms with van der Waals surface area (Å²) in [6.07, 6.45) is 1.67. The van der Waals surface area contributed by atoms with Crippen molar-refractivity contribution in [3.8, 4) is 5.88 Å². The molecule has 17 heavy (non-hydrogen) atoms. The second-order valence-corrected chi connectivity index (χ2v) is 6.73. The molecule has 92 valence electrons. The van der Waals surface area contributed by atoms with E-state index < -0.39 is 15.4 Å². The summed E-state index contributed by atoms with van der Waals surface area (Å²) in [6.45, 7) is 0. The number of ether oxygens (including phenoxy) is 1. The lowest BCUT2D eigenvalue weighted by molar-refractivity contribution is 0.387. The maximum absolute atomic E-state index is 11.6. The zero-order valence-electron chi connectivity index (χ0n) is 9.43. The van der Waals surface area contributed by atoms with Gasteiger partial charge in [-0.1, -0.05) is 0 Å². The van der Waals surface area contributed by atoms with Crippen molar-refractivity contribution in [2.45, 2.75) is 29.9 Å². The maximum Gasteiger partial charge on any atom is 0.221 e. The molecule has 1 aromatic heterocycles. The Kier molecular flexibility index (Phi) is 2.03. The van der Waals surface area contributed by atoms with Crippen LogP contribution in [0.3, 0.4) is 0 Å². The molecule has 0 aromatic carbocycles. The smallest absolute Gasteiger partial charge is 0.221 e. The summed E-state index contributed by atoms with van der Waals surface area (Å²) in [6, 6.07) is 0. The molecule has 1 aromatic rings. The van der Waals surface area contributed by atoms with Crippen LogP contribution in [0.25, 0.3) is 0 Å². The lowest BCUT2D eigenvalue weighted by Crippen LogP contribution is -2.23. The minimum absolute atomic E-state index is 0.0374. The summed E-state index contributed by atoms with van der Waals surface area (Å²) in [7, 11) is -1.62. The minimum atomic E-state index is -3.10. The highest BCUT2D eigenvalue weighted by atomic mass is 32.2. The summed E-state index contributed by atoms with van der Waals surface area (Å²) in [5.74, 6) is 0.779. The average molecular weight is 255 g/mol. The molecule has 1 saturated carbocycles. The first-order valence-electron chi connectivity index (χ1n) is 5.37. The Morgan fingerprint density at radius 3 is 2.59 bits per heavy atom. The van der Waals surface area contributed by atoms with Gasteiger partial charge in [0, 0.05) is 0 Å². The normalized spacial score (nSPS) is 23.2. The molecular formula is C10H13N3O3S. The van der Waals surface area contributed by atoms with E-state index in [1.54, 1.807) is 0 Å². The van der Waals surface area contributed by atoms with E-state index in [-0.39, 0.29) is 11.5 Å². The van der Waals surface area contributed by atoms with Crippen LogP contribution in [0, 0.1) is 0 Å². The quantitative estimate of drug-likeness (QED) is 0.790. The van der Waals surface area contributed by atoms with Gasteiger partial charge in [-0.05, 0) is 12.8 Å². The number of hydrogen-bond donors (Lipinski definition) is 1. The van der Waals surface area contributed by atoms with Crippen LogP contribution in [0.1, 0.15) is 29.9 Å². The van der Waals surface area contributed by atoms with Crippen LogP contribution in [0.4, 0.5) is 0 Å². The zero-order chi connectivity index (χ0) is 12.3. The van der Waals surface area contributed by atoms with E-state index in [2.05, 4.69) is 9.97 Å². The predicted octanol–water partition coefficient (Wildman–Crippen LogP) is -0.139. The SMILES string of the molecule is COc1nc(C2(N)CC2)nc2c1CS(=O)(=O)C2. The van der Waals surface area contributed by atoms with Crippen LogP contribution in [0.15, 0.2) is 0 Å². The van der Waals surface area contributed by atoms with Gasteiger partial charge in [0.2, 0.25) is 5.88 Å². The molecule has 7 heteroatoms. The number of nitrogens with two attached hydrogens (primary N) is 1. The van der Waals surface area contributed by atoms with Gasteiger partial charge in [-0.3, -0.25) is 0 Å². The fourth-order valence-corrected chi connectivity index (χ4v) is 3.49. The van der Waals surface area contributed by atoms with Crippen molar-refractivity contribution in [1.29, 1.82) is 0 Å². The highest BCUT2D eigenvalue weighted by Crippen LogP contribution is 2.42. The Labute approximate surface area is 99.1 Å². The summed E-state index contributed by atoms with van der Waals surface area (Å²) < 4.78 is 28.3. The molecule has 2 N–H and O–H groups in total. The van der Waals surface area contributed by atoms with Crippen molar-refractivity contribution in [3.05, 3.63) is 17.1 Å². The number of methoxy groups -OCH3 is 1. The summed E-state index contributed by atoms with van der Waals surface area (Å²) in [4.78, 5) is 8.54. The van der Waals surface area contributed by atoms with Crippen LogP contribution in [0.5, 0.6) is 5.88 Å². The molecule has 1 aliphatic heterocycles. The van der Waals surface area contributed by atoms with Gasteiger partial charge >= 0.3 is 0 Å². The van der Waals surface area contributed by atoms with Gasteiger partial charge in [0.1, 0.15) is 0 Å². The molecule has 0 spiro atoms. The van der Waals surface area contributed by atoms with Crippen molar-refractivity contribution in [3.63, 3.8) is 0 Å². The molecule has 0 unspecified atom stereocenters. The first-order valence-corrected chi connectivity index (χ1v) is 7.19. The van der Waals surface area contributed by atoms with Crippen LogP contribution in [-0.2, 0) is 26.9 Å². The summed E-state index contributed by atoms with van der Waals surface area (Å²) in [5, 5.41) is 0. The third kappa shape index (κ3) is 1.69. The lowest BCUT2D eigenvalue weighted by Gasteiger charge is -2.11. The second-order valence-electron chi connectivity index (χ2n) is 4.67. The van der Waals surface area contributed by atoms with Crippen LogP contribution in [0.2, 0.25) is 0 Å². The van der Waals surface area contributed by atoms with E-state index in [9.17, 15) is 8.42 Å². The van der Waals surface area contributed by atoms with Crippen LogP contribution < -0.4 is 10.5 Å². The van der Waals surface area contributed by atoms with Crippen molar-refractivity contribution in [2.75, 3.05) is 7.11 Å². The number of nitrogens with zero attached hydrogens (tertiary/aromatic N) is 2. The molecule has 2 aliphatic rings. The van der Waals surface area contributed by atoms with Crippen LogP contribution >= 0.6 is 0 Å². The van der Waals surface area contributed by atoms with E-state index in [1.165, 1.54) is 7.11 Å². The molecule has 0 bridgehead atoms. The van der Waals surface area contributed by atoms with Crippen molar-refractivity contribution in [1.82, 2.24) is 9.97 Å². The molecule has 0 radical (unpaired) electrons. The Hall–Kier alpha value is -1.21. The fourth-order valence-electron chi connectivity index (χ4n) is 2.00. The third-order valence-corrected chi connectivity index (χ3v) is 4.64. The molecule has 1 fully saturated rings. The monoisotopic (exact) mass is 255 g/mol. The topological polar surface area (TPSA) is 95.2 Å². The van der Waals surface area contributed by atoms with E-state index in [4.69, 9.17) is 10.5 Å². The number of aromatic nitrogens is 2. The maximum atomic E-state index is 11.6. The average Bonchev–Trinajstić information content (AvgIpc) is 2.90. The van der Waals surface area contributed by atoms with Crippen molar-refractivity contribution >= 4 is 9.84 Å². The van der Waals surface area contributed by atoms with E-state index in [1.807, 2.05) is 0 Å². The lowest BCUT2D eigenvalue weighted by atomic mass is 10.2. The molecule has 6 nitrogen and oxygen atoms in total. The van der Waals surface area contributed by atoms with Gasteiger partial charge in [-0.2, -0.15) is 4.98 Å². The Morgan fingerprint density at radius 2 is 2.00 bits per heavy atom. The van der Waals surface area contributed by atoms with Gasteiger partial charge in [0.25, 0.3) is 0 Å². The molecule has 1 aliphatic carbocycles. The molecule has 2 heterocycles. The van der Waals surface area contributed by atoms with E-state index in [0.717, 1.165) is 12.8 Å². The zero-order valence-corrected chi connectivity index (χ0v) is 10.2. The van der Waals surface area contributed by atoms with Crippen molar-refractivity contribution in [2.24, 2.45) is 5.73 Å². The number of hydrogen-bond acceptors (Lipinski definition) is 6. The molecule has 0 atom stereocenters. The third-order valence-electron chi connectivity index (χ3n) is 3.20. The van der Waals surface area contributed by atoms with E-state index >= 15 is 0 Å². The standard InChI is InChI=1S/C10H13N3O3S/c1-16-8-6-4-17(14,15)5-7(6)12-9(13-8)10(11)2-3-10/h2-5,11H2,1H3. The Morgan fingerprint density at radius 1 is 1.29 bits per heavy atom. The van der Waals surface area contributed by atoms with Gasteiger partial charge in [0.05, 0.1) is 35.4 Å². The molecular weight excluding hydrogens is 242 g/mol. The van der Waals surface area contributed by atoms with Crippen molar-refractivity contribution < 1.29 is 13.2 Å². The number of fused-ring (bicyclic) bond motifs is 1. The largest absolute Gasteiger partial charge is 0.481 e. The molecule has 0 saturated heterocycles. The highest BCUT2D eigenvalue weighted by Gasteiger charge is 2.45. The van der Waals surface area contributed by atoms with Gasteiger partial charge in [-0.25, -0.2) is 13.4 Å². The van der Waals surface area contributed by atoms with Gasteiger partial charge in [0.15, 0.2) is 15.7 Å².